The molecule has 7 nitrogen and oxygen atoms in total. The summed E-state index contributed by atoms with van der Waals surface area (Å²) in [5, 5.41) is 4.38. The summed E-state index contributed by atoms with van der Waals surface area (Å²) in [7, 11) is -0.160. The van der Waals surface area contributed by atoms with Crippen LogP contribution in [0.4, 0.5) is 0 Å². The summed E-state index contributed by atoms with van der Waals surface area (Å²) >= 11 is 0. The number of piperidine rings is 1. The van der Waals surface area contributed by atoms with E-state index in [0.717, 1.165) is 37.2 Å². The van der Waals surface area contributed by atoms with Crippen LogP contribution in [0.2, 0.25) is 0 Å². The molecule has 1 aliphatic rings. The molecule has 0 spiro atoms. The molecule has 0 saturated carbocycles. The molecule has 0 atom stereocenters. The molecule has 0 unspecified atom stereocenters. The lowest BCUT2D eigenvalue weighted by Crippen LogP contribution is -2.44. The molecule has 3 rings (SSSR count). The van der Waals surface area contributed by atoms with Crippen LogP contribution in [0.25, 0.3) is 11.4 Å². The normalized spacial score (nSPS) is 17.1. The fourth-order valence-corrected chi connectivity index (χ4v) is 4.57. The Hall–Kier alpha value is -1.77. The summed E-state index contributed by atoms with van der Waals surface area (Å²) in [4.78, 5) is 4.52. The minimum absolute atomic E-state index is 0.355. The van der Waals surface area contributed by atoms with E-state index in [1.54, 1.807) is 18.4 Å². The van der Waals surface area contributed by atoms with Gasteiger partial charge in [-0.15, -0.1) is 0 Å². The summed E-state index contributed by atoms with van der Waals surface area (Å²) in [5.41, 5.74) is 3.18. The van der Waals surface area contributed by atoms with Gasteiger partial charge in [0.25, 0.3) is 10.2 Å². The first kappa shape index (κ1) is 19.0. The van der Waals surface area contributed by atoms with E-state index in [9.17, 15) is 8.42 Å². The van der Waals surface area contributed by atoms with Gasteiger partial charge in [0.1, 0.15) is 0 Å². The van der Waals surface area contributed by atoms with E-state index in [-0.39, 0.29) is 0 Å². The van der Waals surface area contributed by atoms with E-state index < -0.39 is 10.2 Å². The minimum Gasteiger partial charge on any atom is -0.263 e. The van der Waals surface area contributed by atoms with Crippen LogP contribution in [-0.2, 0) is 16.8 Å². The van der Waals surface area contributed by atoms with Crippen molar-refractivity contribution >= 4 is 10.2 Å². The second-order valence-electron chi connectivity index (χ2n) is 6.88. The van der Waals surface area contributed by atoms with Gasteiger partial charge in [-0.1, -0.05) is 6.92 Å². The van der Waals surface area contributed by atoms with Gasteiger partial charge in [0.2, 0.25) is 0 Å². The Kier molecular flexibility index (Phi) is 5.74. The van der Waals surface area contributed by atoms with Crippen LogP contribution in [0.1, 0.15) is 37.7 Å². The molecule has 8 heteroatoms. The summed E-state index contributed by atoms with van der Waals surface area (Å²) in [6.07, 6.45) is 6.32. The molecule has 1 aliphatic heterocycles. The SMILES string of the molecule is CCCn1nccc1-c1cc(C2CCN(S(=O)(=O)N(C)C)CC2)ccn1. The molecule has 26 heavy (non-hydrogen) atoms. The quantitative estimate of drug-likeness (QED) is 0.775. The summed E-state index contributed by atoms with van der Waals surface area (Å²) in [5.74, 6) is 0.355. The van der Waals surface area contributed by atoms with Crippen molar-refractivity contribution < 1.29 is 8.42 Å². The van der Waals surface area contributed by atoms with Crippen LogP contribution in [0.15, 0.2) is 30.6 Å². The Bertz CT molecular complexity index is 839. The zero-order valence-corrected chi connectivity index (χ0v) is 16.5. The van der Waals surface area contributed by atoms with Crippen LogP contribution in [-0.4, -0.2) is 59.0 Å². The van der Waals surface area contributed by atoms with Crippen molar-refractivity contribution in [3.05, 3.63) is 36.2 Å². The Morgan fingerprint density at radius 2 is 1.92 bits per heavy atom. The van der Waals surface area contributed by atoms with Crippen LogP contribution >= 0.6 is 0 Å². The highest BCUT2D eigenvalue weighted by Crippen LogP contribution is 2.31. The van der Waals surface area contributed by atoms with E-state index in [1.165, 1.54) is 9.87 Å². The van der Waals surface area contributed by atoms with Crippen molar-refractivity contribution in [3.63, 3.8) is 0 Å². The van der Waals surface area contributed by atoms with Gasteiger partial charge in [-0.25, -0.2) is 0 Å². The molecule has 0 bridgehead atoms. The lowest BCUT2D eigenvalue weighted by molar-refractivity contribution is 0.302. The number of hydrogen-bond donors (Lipinski definition) is 0. The second-order valence-corrected chi connectivity index (χ2v) is 9.02. The average molecular weight is 378 g/mol. The molecule has 1 saturated heterocycles. The number of nitrogens with zero attached hydrogens (tertiary/aromatic N) is 5. The third-order valence-corrected chi connectivity index (χ3v) is 6.85. The first-order valence-electron chi connectivity index (χ1n) is 9.09. The zero-order valence-electron chi connectivity index (χ0n) is 15.7. The van der Waals surface area contributed by atoms with Crippen molar-refractivity contribution in [2.24, 2.45) is 0 Å². The Morgan fingerprint density at radius 1 is 1.19 bits per heavy atom. The number of hydrogen-bond acceptors (Lipinski definition) is 4. The molecule has 2 aromatic heterocycles. The van der Waals surface area contributed by atoms with Crippen LogP contribution in [0.3, 0.4) is 0 Å². The topological polar surface area (TPSA) is 71.3 Å². The van der Waals surface area contributed by atoms with Gasteiger partial charge in [0.05, 0.1) is 11.4 Å². The molecule has 0 amide bonds. The van der Waals surface area contributed by atoms with Gasteiger partial charge < -0.3 is 0 Å². The molecule has 0 radical (unpaired) electrons. The first-order chi connectivity index (χ1) is 12.4. The number of aryl methyl sites for hydroxylation is 1. The van der Waals surface area contributed by atoms with E-state index >= 15 is 0 Å². The Balaban J connectivity index is 1.75. The summed E-state index contributed by atoms with van der Waals surface area (Å²) in [6.45, 7) is 4.10. The fraction of sp³-hybridized carbons (Fsp3) is 0.556. The van der Waals surface area contributed by atoms with Crippen LogP contribution < -0.4 is 0 Å². The van der Waals surface area contributed by atoms with Gasteiger partial charge in [-0.05, 0) is 48.9 Å². The van der Waals surface area contributed by atoms with Gasteiger partial charge in [-0.3, -0.25) is 9.67 Å². The lowest BCUT2D eigenvalue weighted by Gasteiger charge is -2.33. The molecule has 2 aromatic rings. The molecule has 1 fully saturated rings. The van der Waals surface area contributed by atoms with Gasteiger partial charge >= 0.3 is 0 Å². The Labute approximate surface area is 155 Å². The van der Waals surface area contributed by atoms with E-state index in [1.807, 2.05) is 29.2 Å². The summed E-state index contributed by atoms with van der Waals surface area (Å²) in [6, 6.07) is 6.17. The van der Waals surface area contributed by atoms with Crippen molar-refractivity contribution in [2.75, 3.05) is 27.2 Å². The molecule has 0 N–H and O–H groups in total. The predicted octanol–water partition coefficient (Wildman–Crippen LogP) is 2.34. The van der Waals surface area contributed by atoms with Crippen molar-refractivity contribution in [1.29, 1.82) is 0 Å². The van der Waals surface area contributed by atoms with Crippen LogP contribution in [0.5, 0.6) is 0 Å². The Morgan fingerprint density at radius 3 is 2.58 bits per heavy atom. The van der Waals surface area contributed by atoms with Crippen molar-refractivity contribution in [2.45, 2.75) is 38.6 Å². The van der Waals surface area contributed by atoms with Gasteiger partial charge in [-0.2, -0.15) is 22.1 Å². The third kappa shape index (κ3) is 3.82. The highest BCUT2D eigenvalue weighted by atomic mass is 32.2. The molecular weight excluding hydrogens is 350 g/mol. The van der Waals surface area contributed by atoms with Gasteiger partial charge in [0, 0.05) is 46.1 Å². The van der Waals surface area contributed by atoms with Crippen molar-refractivity contribution in [3.8, 4) is 11.4 Å². The smallest absolute Gasteiger partial charge is 0.263 e. The number of aromatic nitrogens is 3. The second kappa shape index (κ2) is 7.85. The molecule has 0 aromatic carbocycles. The van der Waals surface area contributed by atoms with Crippen molar-refractivity contribution in [1.82, 2.24) is 23.4 Å². The molecule has 3 heterocycles. The maximum absolute atomic E-state index is 12.3. The van der Waals surface area contributed by atoms with Crippen LogP contribution in [0, 0.1) is 0 Å². The summed E-state index contributed by atoms with van der Waals surface area (Å²) < 4.78 is 29.4. The lowest BCUT2D eigenvalue weighted by atomic mass is 9.90. The molecular formula is C18H27N5O2S. The monoisotopic (exact) mass is 377 g/mol. The number of rotatable bonds is 6. The molecule has 0 aliphatic carbocycles. The maximum atomic E-state index is 12.3. The first-order valence-corrected chi connectivity index (χ1v) is 10.5. The zero-order chi connectivity index (χ0) is 18.7. The minimum atomic E-state index is -3.32. The van der Waals surface area contributed by atoms with E-state index in [0.29, 0.717) is 19.0 Å². The molecule has 142 valence electrons. The van der Waals surface area contributed by atoms with E-state index in [2.05, 4.69) is 23.1 Å². The highest BCUT2D eigenvalue weighted by molar-refractivity contribution is 7.86. The average Bonchev–Trinajstić information content (AvgIpc) is 3.10. The van der Waals surface area contributed by atoms with E-state index in [4.69, 9.17) is 0 Å². The predicted molar refractivity (Wildman–Crippen MR) is 102 cm³/mol. The fourth-order valence-electron chi connectivity index (χ4n) is 3.43. The highest BCUT2D eigenvalue weighted by Gasteiger charge is 2.30. The number of pyridine rings is 1. The third-order valence-electron chi connectivity index (χ3n) is 4.91. The maximum Gasteiger partial charge on any atom is 0.281 e. The standard InChI is InChI=1S/C18H27N5O2S/c1-4-11-23-18(6-10-20-23)17-14-16(5-9-19-17)15-7-12-22(13-8-15)26(24,25)21(2)3/h5-6,9-10,14-15H,4,7-8,11-13H2,1-3H3. The van der Waals surface area contributed by atoms with Gasteiger partial charge in [0.15, 0.2) is 0 Å². The largest absolute Gasteiger partial charge is 0.281 e.